The van der Waals surface area contributed by atoms with Gasteiger partial charge in [-0.1, -0.05) is 48.5 Å². The van der Waals surface area contributed by atoms with Crippen molar-refractivity contribution >= 4 is 30.4 Å². The lowest BCUT2D eigenvalue weighted by Gasteiger charge is -2.28. The molecule has 32 heavy (non-hydrogen) atoms. The third-order valence-corrected chi connectivity index (χ3v) is 4.36. The molecule has 0 aliphatic carbocycles. The van der Waals surface area contributed by atoms with E-state index in [-0.39, 0.29) is 24.8 Å². The molecule has 0 aromatic carbocycles. The zero-order valence-electron chi connectivity index (χ0n) is 21.0. The minimum atomic E-state index is -1.05. The van der Waals surface area contributed by atoms with Crippen LogP contribution in [0.1, 0.15) is 71.7 Å². The van der Waals surface area contributed by atoms with Crippen LogP contribution in [0.2, 0.25) is 0 Å². The molecule has 186 valence electrons. The highest BCUT2D eigenvalue weighted by molar-refractivity contribution is 7.80. The average molecular weight is 473 g/mol. The van der Waals surface area contributed by atoms with Crippen LogP contribution in [-0.4, -0.2) is 59.8 Å². The smallest absolute Gasteiger partial charge is 0.252 e. The molecule has 9 heteroatoms. The molecule has 0 fully saturated rings. The van der Waals surface area contributed by atoms with Gasteiger partial charge in [0.2, 0.25) is 11.8 Å². The quantitative estimate of drug-likeness (QED) is 0.354. The van der Waals surface area contributed by atoms with Gasteiger partial charge in [0.1, 0.15) is 6.10 Å². The second-order valence-electron chi connectivity index (χ2n) is 6.68. The Morgan fingerprint density at radius 1 is 1.12 bits per heavy atom. The second-order valence-corrected chi connectivity index (χ2v) is 7.13. The molecule has 0 radical (unpaired) electrons. The molecule has 0 aliphatic rings. The Bertz CT molecular complexity index is 613. The van der Waals surface area contributed by atoms with Crippen molar-refractivity contribution in [2.24, 2.45) is 5.41 Å². The molecule has 0 unspecified atom stereocenters. The Morgan fingerprint density at radius 2 is 1.72 bits per heavy atom. The zero-order chi connectivity index (χ0) is 25.6. The van der Waals surface area contributed by atoms with Crippen LogP contribution in [0.5, 0.6) is 0 Å². The molecule has 0 spiro atoms. The van der Waals surface area contributed by atoms with Gasteiger partial charge in [-0.15, -0.1) is 0 Å². The number of hydrogen-bond donors (Lipinski definition) is 5. The fourth-order valence-corrected chi connectivity index (χ4v) is 1.98. The second kappa shape index (κ2) is 22.1. The van der Waals surface area contributed by atoms with Crippen LogP contribution in [0.25, 0.3) is 0 Å². The summed E-state index contributed by atoms with van der Waals surface area (Å²) in [6, 6.07) is 3.44. The van der Waals surface area contributed by atoms with Crippen molar-refractivity contribution < 1.29 is 19.5 Å². The fourth-order valence-electron chi connectivity index (χ4n) is 1.87. The number of aliphatic hydroxyl groups is 1. The number of aliphatic hydroxyl groups excluding tert-OH is 1. The van der Waals surface area contributed by atoms with Crippen molar-refractivity contribution in [3.8, 4) is 0 Å². The van der Waals surface area contributed by atoms with Crippen LogP contribution in [0.15, 0.2) is 24.5 Å². The lowest BCUT2D eigenvalue weighted by molar-refractivity contribution is -0.135. The number of carbonyl (C=O) groups is 3. The number of thiol groups is 1. The van der Waals surface area contributed by atoms with Crippen LogP contribution in [-0.2, 0) is 9.59 Å². The van der Waals surface area contributed by atoms with Crippen LogP contribution >= 0.6 is 12.6 Å². The SMILES string of the molecule is CC.CC.CCC(C)(C)[C@@H](O)C(=O)NCCC(=O)NCCS.CNC(=O)c1cccnc1. The van der Waals surface area contributed by atoms with E-state index in [2.05, 4.69) is 33.6 Å². The van der Waals surface area contributed by atoms with Crippen molar-refractivity contribution in [2.45, 2.75) is 67.4 Å². The summed E-state index contributed by atoms with van der Waals surface area (Å²) in [6.45, 7) is 14.3. The van der Waals surface area contributed by atoms with Crippen molar-refractivity contribution in [2.75, 3.05) is 25.9 Å². The van der Waals surface area contributed by atoms with Gasteiger partial charge in [0.25, 0.3) is 5.91 Å². The summed E-state index contributed by atoms with van der Waals surface area (Å²) in [6.07, 6.45) is 3.01. The van der Waals surface area contributed by atoms with E-state index >= 15 is 0 Å². The lowest BCUT2D eigenvalue weighted by atomic mass is 9.83. The van der Waals surface area contributed by atoms with Crippen molar-refractivity contribution in [1.29, 1.82) is 0 Å². The fraction of sp³-hybridized carbons (Fsp3) is 0.652. The molecule has 1 aromatic heterocycles. The number of amides is 3. The van der Waals surface area contributed by atoms with E-state index in [1.807, 2.05) is 48.5 Å². The molecule has 3 amide bonds. The molecule has 4 N–H and O–H groups in total. The number of nitrogens with zero attached hydrogens (tertiary/aromatic N) is 1. The molecule has 0 aliphatic heterocycles. The Kier molecular flexibility index (Phi) is 23.8. The normalized spacial score (nSPS) is 10.4. The Hall–Kier alpha value is -2.13. The maximum atomic E-state index is 11.6. The van der Waals surface area contributed by atoms with E-state index in [0.717, 1.165) is 0 Å². The van der Waals surface area contributed by atoms with Crippen molar-refractivity contribution in [3.05, 3.63) is 30.1 Å². The summed E-state index contributed by atoms with van der Waals surface area (Å²) in [5.41, 5.74) is 0.128. The summed E-state index contributed by atoms with van der Waals surface area (Å²) in [5.74, 6) is -0.0767. The molecule has 1 aromatic rings. The molecule has 0 saturated carbocycles. The molecule has 0 bridgehead atoms. The van der Waals surface area contributed by atoms with E-state index < -0.39 is 17.4 Å². The number of carbonyl (C=O) groups excluding carboxylic acids is 3. The monoisotopic (exact) mass is 472 g/mol. The first-order valence-corrected chi connectivity index (χ1v) is 11.8. The topological polar surface area (TPSA) is 120 Å². The summed E-state index contributed by atoms with van der Waals surface area (Å²) >= 11 is 3.97. The van der Waals surface area contributed by atoms with Gasteiger partial charge in [0, 0.05) is 44.7 Å². The molecule has 1 heterocycles. The molecule has 8 nitrogen and oxygen atoms in total. The van der Waals surface area contributed by atoms with Gasteiger partial charge < -0.3 is 21.1 Å². The molecular weight excluding hydrogens is 428 g/mol. The van der Waals surface area contributed by atoms with Gasteiger partial charge in [-0.2, -0.15) is 12.6 Å². The number of pyridine rings is 1. The van der Waals surface area contributed by atoms with Gasteiger partial charge in [-0.25, -0.2) is 0 Å². The van der Waals surface area contributed by atoms with Crippen LogP contribution in [0.3, 0.4) is 0 Å². The van der Waals surface area contributed by atoms with Crippen LogP contribution < -0.4 is 16.0 Å². The average Bonchev–Trinajstić information content (AvgIpc) is 2.85. The Morgan fingerprint density at radius 3 is 2.16 bits per heavy atom. The highest BCUT2D eigenvalue weighted by Crippen LogP contribution is 2.24. The highest BCUT2D eigenvalue weighted by Gasteiger charge is 2.31. The predicted molar refractivity (Wildman–Crippen MR) is 135 cm³/mol. The number of nitrogens with one attached hydrogen (secondary N) is 3. The minimum absolute atomic E-state index is 0.104. The van der Waals surface area contributed by atoms with Gasteiger partial charge in [0.05, 0.1) is 5.56 Å². The molecular formula is C23H44N4O4S. The van der Waals surface area contributed by atoms with E-state index in [1.165, 1.54) is 6.20 Å². The number of aromatic nitrogens is 1. The van der Waals surface area contributed by atoms with Gasteiger partial charge in [0.15, 0.2) is 0 Å². The standard InChI is InChI=1S/C12H24N2O3S.C7H8N2O.2C2H6/c1-4-12(2,3)10(16)11(17)14-6-5-9(15)13-7-8-18;1-8-7(10)6-3-2-4-9-5-6;2*1-2/h10,16,18H,4-8H2,1-3H3,(H,13,15)(H,14,17);2-5H,1H3,(H,8,10);2*1-2H3/t10-;;;/m0.../s1. The third-order valence-electron chi connectivity index (χ3n) is 4.14. The maximum absolute atomic E-state index is 11.6. The van der Waals surface area contributed by atoms with Gasteiger partial charge in [-0.3, -0.25) is 19.4 Å². The largest absolute Gasteiger partial charge is 0.383 e. The van der Waals surface area contributed by atoms with Crippen LogP contribution in [0.4, 0.5) is 0 Å². The first kappa shape index (κ1) is 34.5. The summed E-state index contributed by atoms with van der Waals surface area (Å²) < 4.78 is 0. The first-order valence-electron chi connectivity index (χ1n) is 11.1. The minimum Gasteiger partial charge on any atom is -0.383 e. The van der Waals surface area contributed by atoms with E-state index in [1.54, 1.807) is 25.4 Å². The van der Waals surface area contributed by atoms with Gasteiger partial charge in [-0.05, 0) is 24.0 Å². The predicted octanol–water partition coefficient (Wildman–Crippen LogP) is 2.83. The summed E-state index contributed by atoms with van der Waals surface area (Å²) in [5, 5.41) is 17.5. The van der Waals surface area contributed by atoms with Crippen molar-refractivity contribution in [1.82, 2.24) is 20.9 Å². The van der Waals surface area contributed by atoms with Crippen molar-refractivity contribution in [3.63, 3.8) is 0 Å². The number of rotatable bonds is 9. The summed E-state index contributed by atoms with van der Waals surface area (Å²) in [4.78, 5) is 37.5. The Balaban J connectivity index is -0.000000503. The molecule has 0 saturated heterocycles. The Labute approximate surface area is 199 Å². The highest BCUT2D eigenvalue weighted by atomic mass is 32.1. The van der Waals surface area contributed by atoms with E-state index in [0.29, 0.717) is 24.3 Å². The van der Waals surface area contributed by atoms with E-state index in [4.69, 9.17) is 0 Å². The molecule has 1 atom stereocenters. The zero-order valence-corrected chi connectivity index (χ0v) is 21.9. The van der Waals surface area contributed by atoms with E-state index in [9.17, 15) is 19.5 Å². The van der Waals surface area contributed by atoms with Gasteiger partial charge >= 0.3 is 0 Å². The van der Waals surface area contributed by atoms with Crippen LogP contribution in [0, 0.1) is 5.41 Å². The number of hydrogen-bond acceptors (Lipinski definition) is 6. The maximum Gasteiger partial charge on any atom is 0.252 e. The first-order chi connectivity index (χ1) is 15.2. The molecule has 1 rings (SSSR count). The third kappa shape index (κ3) is 16.5. The summed E-state index contributed by atoms with van der Waals surface area (Å²) in [7, 11) is 1.59. The lowest BCUT2D eigenvalue weighted by Crippen LogP contribution is -2.44.